The molecule has 1 atom stereocenters. The molecule has 1 aromatic carbocycles. The number of rotatable bonds is 5. The quantitative estimate of drug-likeness (QED) is 0.666. The van der Waals surface area contributed by atoms with Gasteiger partial charge in [-0.1, -0.05) is 61.2 Å². The molecule has 1 aromatic heterocycles. The molecule has 102 valence electrons. The van der Waals surface area contributed by atoms with Crippen molar-refractivity contribution in [3.05, 3.63) is 41.6 Å². The Hall–Kier alpha value is -2.05. The molecule has 1 N–H and O–H groups in total. The first-order valence-corrected chi connectivity index (χ1v) is 6.93. The first kappa shape index (κ1) is 14.4. The molecule has 0 aliphatic carbocycles. The van der Waals surface area contributed by atoms with Crippen molar-refractivity contribution in [1.29, 1.82) is 0 Å². The summed E-state index contributed by atoms with van der Waals surface area (Å²) in [6, 6.07) is 11.4. The Morgan fingerprint density at radius 1 is 1.30 bits per heavy atom. The monoisotopic (exact) mass is 285 g/mol. The molecule has 0 amide bonds. The third-order valence-electron chi connectivity index (χ3n) is 2.83. The van der Waals surface area contributed by atoms with Gasteiger partial charge in [-0.15, -0.1) is 6.42 Å². The molecule has 0 bridgehead atoms. The lowest BCUT2D eigenvalue weighted by Gasteiger charge is -2.13. The lowest BCUT2D eigenvalue weighted by molar-refractivity contribution is 0.752. The van der Waals surface area contributed by atoms with Gasteiger partial charge in [-0.3, -0.25) is 0 Å². The second-order valence-corrected chi connectivity index (χ2v) is 4.81. The van der Waals surface area contributed by atoms with Gasteiger partial charge in [0.2, 0.25) is 0 Å². The molecule has 1 unspecified atom stereocenters. The van der Waals surface area contributed by atoms with Crippen LogP contribution in [-0.2, 0) is 0 Å². The minimum atomic E-state index is -0.0467. The van der Waals surface area contributed by atoms with E-state index in [0.29, 0.717) is 16.8 Å². The average molecular weight is 286 g/mol. The van der Waals surface area contributed by atoms with E-state index in [1.165, 1.54) is 0 Å². The zero-order valence-electron chi connectivity index (χ0n) is 11.3. The summed E-state index contributed by atoms with van der Waals surface area (Å²) in [5, 5.41) is 3.61. The highest BCUT2D eigenvalue weighted by molar-refractivity contribution is 6.29. The summed E-state index contributed by atoms with van der Waals surface area (Å²) >= 11 is 6.06. The number of halogens is 1. The highest BCUT2D eigenvalue weighted by Crippen LogP contribution is 2.20. The SMILES string of the molecule is C#CC(CCC)Nc1cc(Cl)nc(-c2ccccc2)n1. The number of benzene rings is 1. The van der Waals surface area contributed by atoms with Gasteiger partial charge >= 0.3 is 0 Å². The number of nitrogens with zero attached hydrogens (tertiary/aromatic N) is 2. The summed E-state index contributed by atoms with van der Waals surface area (Å²) in [7, 11) is 0. The van der Waals surface area contributed by atoms with E-state index in [2.05, 4.69) is 28.1 Å². The maximum Gasteiger partial charge on any atom is 0.163 e. The van der Waals surface area contributed by atoms with Gasteiger partial charge in [-0.2, -0.15) is 0 Å². The maximum atomic E-state index is 6.06. The molecule has 0 spiro atoms. The molecule has 0 aliphatic rings. The lowest BCUT2D eigenvalue weighted by atomic mass is 10.2. The van der Waals surface area contributed by atoms with Crippen molar-refractivity contribution in [2.75, 3.05) is 5.32 Å². The standard InChI is InChI=1S/C16H16ClN3/c1-3-8-13(4-2)18-15-11-14(17)19-16(20-15)12-9-6-5-7-10-12/h2,5-7,9-11,13H,3,8H2,1H3,(H,18,19,20). The molecule has 0 saturated heterocycles. The number of terminal acetylenes is 1. The van der Waals surface area contributed by atoms with Crippen molar-refractivity contribution in [1.82, 2.24) is 9.97 Å². The van der Waals surface area contributed by atoms with Crippen molar-refractivity contribution in [3.8, 4) is 23.7 Å². The minimum Gasteiger partial charge on any atom is -0.356 e. The predicted octanol–water partition coefficient (Wildman–Crippen LogP) is 4.01. The van der Waals surface area contributed by atoms with Crippen LogP contribution in [0.5, 0.6) is 0 Å². The van der Waals surface area contributed by atoms with Crippen molar-refractivity contribution in [2.45, 2.75) is 25.8 Å². The maximum absolute atomic E-state index is 6.06. The molecular formula is C16H16ClN3. The molecule has 3 nitrogen and oxygen atoms in total. The summed E-state index contributed by atoms with van der Waals surface area (Å²) < 4.78 is 0. The molecule has 0 radical (unpaired) electrons. The number of hydrogen-bond acceptors (Lipinski definition) is 3. The Kier molecular flexibility index (Phi) is 4.97. The fraction of sp³-hybridized carbons (Fsp3) is 0.250. The number of aromatic nitrogens is 2. The zero-order valence-corrected chi connectivity index (χ0v) is 12.1. The predicted molar refractivity (Wildman–Crippen MR) is 83.6 cm³/mol. The first-order chi connectivity index (χ1) is 9.72. The third kappa shape index (κ3) is 3.72. The molecular weight excluding hydrogens is 270 g/mol. The van der Waals surface area contributed by atoms with Crippen LogP contribution in [0.4, 0.5) is 5.82 Å². The molecule has 0 aliphatic heterocycles. The van der Waals surface area contributed by atoms with Crippen molar-refractivity contribution < 1.29 is 0 Å². The van der Waals surface area contributed by atoms with Crippen LogP contribution in [0.2, 0.25) is 5.15 Å². The van der Waals surface area contributed by atoms with Gasteiger partial charge in [0.1, 0.15) is 11.0 Å². The molecule has 2 aromatic rings. The van der Waals surface area contributed by atoms with Crippen LogP contribution in [0.3, 0.4) is 0 Å². The van der Waals surface area contributed by atoms with Gasteiger partial charge in [0, 0.05) is 11.6 Å². The molecule has 2 rings (SSSR count). The Balaban J connectivity index is 2.28. The molecule has 4 heteroatoms. The Morgan fingerprint density at radius 3 is 2.70 bits per heavy atom. The van der Waals surface area contributed by atoms with E-state index in [9.17, 15) is 0 Å². The van der Waals surface area contributed by atoms with E-state index in [-0.39, 0.29) is 6.04 Å². The molecule has 0 saturated carbocycles. The Labute approximate surface area is 124 Å². The van der Waals surface area contributed by atoms with Crippen LogP contribution >= 0.6 is 11.6 Å². The first-order valence-electron chi connectivity index (χ1n) is 6.55. The van der Waals surface area contributed by atoms with E-state index >= 15 is 0 Å². The van der Waals surface area contributed by atoms with E-state index in [1.54, 1.807) is 6.07 Å². The Morgan fingerprint density at radius 2 is 2.05 bits per heavy atom. The van der Waals surface area contributed by atoms with E-state index in [0.717, 1.165) is 18.4 Å². The fourth-order valence-electron chi connectivity index (χ4n) is 1.87. The van der Waals surface area contributed by atoms with E-state index in [1.807, 2.05) is 30.3 Å². The normalized spacial score (nSPS) is 11.7. The van der Waals surface area contributed by atoms with Gasteiger partial charge in [0.15, 0.2) is 5.82 Å². The number of hydrogen-bond donors (Lipinski definition) is 1. The molecule has 0 fully saturated rings. The van der Waals surface area contributed by atoms with Crippen LogP contribution in [0, 0.1) is 12.3 Å². The van der Waals surface area contributed by atoms with Crippen LogP contribution in [0.15, 0.2) is 36.4 Å². The minimum absolute atomic E-state index is 0.0467. The van der Waals surface area contributed by atoms with Crippen molar-refractivity contribution in [2.24, 2.45) is 0 Å². The van der Waals surface area contributed by atoms with E-state index in [4.69, 9.17) is 18.0 Å². The largest absolute Gasteiger partial charge is 0.356 e. The van der Waals surface area contributed by atoms with Crippen LogP contribution in [0.25, 0.3) is 11.4 Å². The fourth-order valence-corrected chi connectivity index (χ4v) is 2.06. The summed E-state index contributed by atoms with van der Waals surface area (Å²) in [4.78, 5) is 8.72. The third-order valence-corrected chi connectivity index (χ3v) is 3.02. The van der Waals surface area contributed by atoms with Crippen molar-refractivity contribution >= 4 is 17.4 Å². The molecule has 1 heterocycles. The zero-order chi connectivity index (χ0) is 14.4. The summed E-state index contributed by atoms with van der Waals surface area (Å²) in [5.74, 6) is 3.96. The summed E-state index contributed by atoms with van der Waals surface area (Å²) in [6.45, 7) is 2.09. The Bertz CT molecular complexity index is 605. The van der Waals surface area contributed by atoms with Crippen molar-refractivity contribution in [3.63, 3.8) is 0 Å². The highest BCUT2D eigenvalue weighted by atomic mass is 35.5. The number of nitrogens with one attached hydrogen (secondary N) is 1. The molecule has 20 heavy (non-hydrogen) atoms. The second-order valence-electron chi connectivity index (χ2n) is 4.42. The van der Waals surface area contributed by atoms with Crippen LogP contribution in [0.1, 0.15) is 19.8 Å². The van der Waals surface area contributed by atoms with Gasteiger partial charge in [-0.05, 0) is 6.42 Å². The van der Waals surface area contributed by atoms with Gasteiger partial charge in [0.25, 0.3) is 0 Å². The van der Waals surface area contributed by atoms with Gasteiger partial charge < -0.3 is 5.32 Å². The topological polar surface area (TPSA) is 37.8 Å². The highest BCUT2D eigenvalue weighted by Gasteiger charge is 2.09. The average Bonchev–Trinajstić information content (AvgIpc) is 2.47. The number of anilines is 1. The van der Waals surface area contributed by atoms with Crippen LogP contribution < -0.4 is 5.32 Å². The van der Waals surface area contributed by atoms with Crippen LogP contribution in [-0.4, -0.2) is 16.0 Å². The van der Waals surface area contributed by atoms with E-state index < -0.39 is 0 Å². The lowest BCUT2D eigenvalue weighted by Crippen LogP contribution is -2.17. The second kappa shape index (κ2) is 6.93. The van der Waals surface area contributed by atoms with Gasteiger partial charge in [0.05, 0.1) is 6.04 Å². The summed E-state index contributed by atoms with van der Waals surface area (Å²) in [6.07, 6.45) is 7.40. The van der Waals surface area contributed by atoms with Gasteiger partial charge in [-0.25, -0.2) is 9.97 Å². The smallest absolute Gasteiger partial charge is 0.163 e. The summed E-state index contributed by atoms with van der Waals surface area (Å²) in [5.41, 5.74) is 0.922.